The largest absolute Gasteiger partial charge is 0.419 e. The third-order valence-electron chi connectivity index (χ3n) is 3.31. The molecule has 0 aromatic carbocycles. The number of halogens is 4. The lowest BCUT2D eigenvalue weighted by Crippen LogP contribution is -2.34. The molecule has 15 heavy (non-hydrogen) atoms. The highest BCUT2D eigenvalue weighted by Gasteiger charge is 2.45. The Balaban J connectivity index is 2.37. The van der Waals surface area contributed by atoms with Crippen molar-refractivity contribution in [3.8, 4) is 0 Å². The van der Waals surface area contributed by atoms with Crippen LogP contribution in [0.3, 0.4) is 0 Å². The van der Waals surface area contributed by atoms with E-state index >= 15 is 0 Å². The highest BCUT2D eigenvalue weighted by atomic mass is 19.4. The zero-order valence-electron chi connectivity index (χ0n) is 8.99. The van der Waals surface area contributed by atoms with Crippen molar-refractivity contribution in [1.82, 2.24) is 0 Å². The third kappa shape index (κ3) is 3.65. The molecule has 1 unspecified atom stereocenters. The monoisotopic (exact) mass is 226 g/mol. The molecule has 0 saturated heterocycles. The maximum atomic E-state index is 13.0. The lowest BCUT2D eigenvalue weighted by Gasteiger charge is -2.31. The Hall–Kier alpha value is -0.280. The fraction of sp³-hybridized carbons (Fsp3) is 1.00. The predicted molar refractivity (Wildman–Crippen MR) is 51.3 cm³/mol. The molecule has 4 heteroatoms. The van der Waals surface area contributed by atoms with Crippen molar-refractivity contribution >= 4 is 0 Å². The first kappa shape index (κ1) is 12.8. The number of hydrogen-bond acceptors (Lipinski definition) is 0. The van der Waals surface area contributed by atoms with Crippen LogP contribution in [0.15, 0.2) is 0 Å². The second-order valence-electron chi connectivity index (χ2n) is 4.51. The Kier molecular flexibility index (Phi) is 4.41. The minimum atomic E-state index is -4.66. The molecule has 90 valence electrons. The van der Waals surface area contributed by atoms with Crippen LogP contribution >= 0.6 is 0 Å². The van der Waals surface area contributed by atoms with Gasteiger partial charge in [0.2, 0.25) is 0 Å². The van der Waals surface area contributed by atoms with Gasteiger partial charge >= 0.3 is 6.18 Å². The van der Waals surface area contributed by atoms with Crippen molar-refractivity contribution in [3.05, 3.63) is 0 Å². The molecule has 0 aromatic rings. The first-order valence-electron chi connectivity index (χ1n) is 5.66. The molecule has 0 N–H and O–H groups in total. The number of alkyl halides is 4. The summed E-state index contributed by atoms with van der Waals surface area (Å²) in [6, 6.07) is 0. The topological polar surface area (TPSA) is 0 Å². The Bertz CT molecular complexity index is 180. The average molecular weight is 226 g/mol. The molecule has 1 saturated carbocycles. The molecule has 0 nitrogen and oxygen atoms in total. The Morgan fingerprint density at radius 2 is 1.67 bits per heavy atom. The Morgan fingerprint density at radius 1 is 1.13 bits per heavy atom. The molecule has 1 atom stereocenters. The minimum Gasteiger partial charge on any atom is -0.237 e. The minimum absolute atomic E-state index is 0.394. The van der Waals surface area contributed by atoms with Crippen molar-refractivity contribution in [3.63, 3.8) is 0 Å². The maximum Gasteiger partial charge on any atom is 0.419 e. The van der Waals surface area contributed by atoms with Crippen molar-refractivity contribution in [1.29, 1.82) is 0 Å². The standard InChI is InChI=1S/C11H18F4/c1-2-3-8-4-6-9(7-5-8)10(12)11(13,14)15/h8-10H,2-7H2,1H3. The van der Waals surface area contributed by atoms with Gasteiger partial charge in [-0.15, -0.1) is 0 Å². The summed E-state index contributed by atoms with van der Waals surface area (Å²) < 4.78 is 49.3. The fourth-order valence-corrected chi connectivity index (χ4v) is 2.45. The second kappa shape index (κ2) is 5.17. The van der Waals surface area contributed by atoms with Gasteiger partial charge in [-0.2, -0.15) is 13.2 Å². The fourth-order valence-electron chi connectivity index (χ4n) is 2.45. The summed E-state index contributed by atoms with van der Waals surface area (Å²) in [5.41, 5.74) is 0. The van der Waals surface area contributed by atoms with E-state index in [4.69, 9.17) is 0 Å². The Labute approximate surface area is 88.0 Å². The summed E-state index contributed by atoms with van der Waals surface area (Å²) in [5.74, 6) is -0.273. The van der Waals surface area contributed by atoms with E-state index < -0.39 is 18.3 Å². The molecule has 1 fully saturated rings. The summed E-state index contributed by atoms with van der Waals surface area (Å²) >= 11 is 0. The predicted octanol–water partition coefficient (Wildman–Crippen LogP) is 4.49. The van der Waals surface area contributed by atoms with E-state index in [1.165, 1.54) is 0 Å². The molecule has 0 heterocycles. The van der Waals surface area contributed by atoms with E-state index in [0.29, 0.717) is 18.8 Å². The molecule has 0 aromatic heterocycles. The van der Waals surface area contributed by atoms with E-state index in [1.54, 1.807) is 0 Å². The van der Waals surface area contributed by atoms with Gasteiger partial charge < -0.3 is 0 Å². The lowest BCUT2D eigenvalue weighted by molar-refractivity contribution is -0.197. The van der Waals surface area contributed by atoms with E-state index in [0.717, 1.165) is 25.7 Å². The number of hydrogen-bond donors (Lipinski definition) is 0. The van der Waals surface area contributed by atoms with Crippen LogP contribution in [-0.4, -0.2) is 12.3 Å². The summed E-state index contributed by atoms with van der Waals surface area (Å²) in [4.78, 5) is 0. The first-order chi connectivity index (χ1) is 6.95. The molecule has 0 radical (unpaired) electrons. The highest BCUT2D eigenvalue weighted by Crippen LogP contribution is 2.39. The highest BCUT2D eigenvalue weighted by molar-refractivity contribution is 4.81. The first-order valence-corrected chi connectivity index (χ1v) is 5.66. The molecule has 0 bridgehead atoms. The molecule has 1 rings (SSSR count). The summed E-state index contributed by atoms with van der Waals surface area (Å²) in [6.45, 7) is 2.07. The maximum absolute atomic E-state index is 13.0. The van der Waals surface area contributed by atoms with Crippen molar-refractivity contribution in [2.75, 3.05) is 0 Å². The summed E-state index contributed by atoms with van der Waals surface area (Å²) in [7, 11) is 0. The van der Waals surface area contributed by atoms with E-state index in [9.17, 15) is 17.6 Å². The quantitative estimate of drug-likeness (QED) is 0.622. The van der Waals surface area contributed by atoms with Crippen molar-refractivity contribution < 1.29 is 17.6 Å². The van der Waals surface area contributed by atoms with Crippen molar-refractivity contribution in [2.45, 2.75) is 57.8 Å². The van der Waals surface area contributed by atoms with Gasteiger partial charge in [0.1, 0.15) is 0 Å². The molecular weight excluding hydrogens is 208 g/mol. The van der Waals surface area contributed by atoms with Gasteiger partial charge in [0, 0.05) is 0 Å². The van der Waals surface area contributed by atoms with Crippen LogP contribution < -0.4 is 0 Å². The van der Waals surface area contributed by atoms with Gasteiger partial charge in [-0.25, -0.2) is 4.39 Å². The van der Waals surface area contributed by atoms with Gasteiger partial charge in [0.25, 0.3) is 0 Å². The van der Waals surface area contributed by atoms with Crippen LogP contribution in [0.2, 0.25) is 0 Å². The van der Waals surface area contributed by atoms with E-state index in [1.807, 2.05) is 0 Å². The van der Waals surface area contributed by atoms with Crippen LogP contribution in [0.25, 0.3) is 0 Å². The van der Waals surface area contributed by atoms with Gasteiger partial charge in [0.15, 0.2) is 6.17 Å². The summed E-state index contributed by atoms with van der Waals surface area (Å²) in [6.07, 6.45) is -2.84. The molecular formula is C11H18F4. The van der Waals surface area contributed by atoms with E-state index in [2.05, 4.69) is 6.92 Å². The smallest absolute Gasteiger partial charge is 0.237 e. The third-order valence-corrected chi connectivity index (χ3v) is 3.31. The van der Waals surface area contributed by atoms with Gasteiger partial charge in [-0.1, -0.05) is 32.6 Å². The Morgan fingerprint density at radius 3 is 2.07 bits per heavy atom. The van der Waals surface area contributed by atoms with Gasteiger partial charge in [-0.3, -0.25) is 0 Å². The SMILES string of the molecule is CCCC1CCC(C(F)C(F)(F)F)CC1. The van der Waals surface area contributed by atoms with E-state index in [-0.39, 0.29) is 0 Å². The molecule has 0 spiro atoms. The zero-order chi connectivity index (χ0) is 11.5. The van der Waals surface area contributed by atoms with Crippen molar-refractivity contribution in [2.24, 2.45) is 11.8 Å². The zero-order valence-corrected chi connectivity index (χ0v) is 8.99. The van der Waals surface area contributed by atoms with Crippen LogP contribution in [0.4, 0.5) is 17.6 Å². The molecule has 0 aliphatic heterocycles. The average Bonchev–Trinajstić information content (AvgIpc) is 2.17. The molecule has 1 aliphatic rings. The van der Waals surface area contributed by atoms with Gasteiger partial charge in [0.05, 0.1) is 0 Å². The normalized spacial score (nSPS) is 30.2. The van der Waals surface area contributed by atoms with Gasteiger partial charge in [-0.05, 0) is 24.7 Å². The number of rotatable bonds is 3. The molecule has 0 amide bonds. The van der Waals surface area contributed by atoms with Crippen LogP contribution in [0.1, 0.15) is 45.4 Å². The van der Waals surface area contributed by atoms with Crippen LogP contribution in [0, 0.1) is 11.8 Å². The second-order valence-corrected chi connectivity index (χ2v) is 4.51. The van der Waals surface area contributed by atoms with Crippen LogP contribution in [-0.2, 0) is 0 Å². The van der Waals surface area contributed by atoms with Crippen LogP contribution in [0.5, 0.6) is 0 Å². The lowest BCUT2D eigenvalue weighted by atomic mass is 9.78. The molecule has 1 aliphatic carbocycles. The summed E-state index contributed by atoms with van der Waals surface area (Å²) in [5, 5.41) is 0.